The number of Topliss-reactive ketones (excluding diaryl/α,β-unsaturated/α-hetero) is 1. The molecule has 0 spiro atoms. The van der Waals surface area contributed by atoms with Crippen LogP contribution in [-0.2, 0) is 9.59 Å². The normalized spacial score (nSPS) is 10.0. The number of hydrogen-bond acceptors (Lipinski definition) is 5. The molecule has 0 unspecified atom stereocenters. The van der Waals surface area contributed by atoms with E-state index < -0.39 is 0 Å². The summed E-state index contributed by atoms with van der Waals surface area (Å²) in [5.74, 6) is 0.384. The predicted octanol–water partition coefficient (Wildman–Crippen LogP) is 3.26. The summed E-state index contributed by atoms with van der Waals surface area (Å²) in [5.41, 5.74) is 1.56. The number of nitrogens with one attached hydrogen (secondary N) is 2. The highest BCUT2D eigenvalue weighted by atomic mass is 16.5. The Morgan fingerprint density at radius 1 is 1.00 bits per heavy atom. The highest BCUT2D eigenvalue weighted by Gasteiger charge is 2.10. The van der Waals surface area contributed by atoms with Crippen molar-refractivity contribution in [3.63, 3.8) is 0 Å². The molecule has 0 aliphatic rings. The molecule has 2 amide bonds. The molecule has 7 heteroatoms. The first-order valence-corrected chi connectivity index (χ1v) is 8.44. The Kier molecular flexibility index (Phi) is 6.93. The summed E-state index contributed by atoms with van der Waals surface area (Å²) in [6.45, 7) is 2.98. The number of carbonyl (C=O) groups is 3. The van der Waals surface area contributed by atoms with Gasteiger partial charge < -0.3 is 20.1 Å². The first kappa shape index (κ1) is 20.0. The van der Waals surface area contributed by atoms with Crippen LogP contribution in [0.5, 0.6) is 11.5 Å². The SMILES string of the molecule is CCC(=O)c1ccc(OCC(=O)Nc2cc(NC(C)=O)ccc2OC)cc1. The molecule has 2 aromatic rings. The average Bonchev–Trinajstić information content (AvgIpc) is 2.66. The zero-order valence-corrected chi connectivity index (χ0v) is 15.5. The van der Waals surface area contributed by atoms with E-state index in [1.807, 2.05) is 0 Å². The van der Waals surface area contributed by atoms with Crippen molar-refractivity contribution < 1.29 is 23.9 Å². The highest BCUT2D eigenvalue weighted by Crippen LogP contribution is 2.27. The zero-order chi connectivity index (χ0) is 19.8. The lowest BCUT2D eigenvalue weighted by atomic mass is 10.1. The van der Waals surface area contributed by atoms with Gasteiger partial charge in [0.25, 0.3) is 5.91 Å². The van der Waals surface area contributed by atoms with Crippen molar-refractivity contribution in [2.75, 3.05) is 24.4 Å². The van der Waals surface area contributed by atoms with Crippen molar-refractivity contribution in [1.82, 2.24) is 0 Å². The van der Waals surface area contributed by atoms with Crippen LogP contribution >= 0.6 is 0 Å². The van der Waals surface area contributed by atoms with Crippen LogP contribution in [0.25, 0.3) is 0 Å². The third-order valence-corrected chi connectivity index (χ3v) is 3.66. The second kappa shape index (κ2) is 9.38. The van der Waals surface area contributed by atoms with E-state index in [9.17, 15) is 14.4 Å². The molecule has 0 fully saturated rings. The Bertz CT molecular complexity index is 831. The van der Waals surface area contributed by atoms with Crippen LogP contribution in [0, 0.1) is 0 Å². The molecule has 0 bridgehead atoms. The molecule has 2 N–H and O–H groups in total. The number of benzene rings is 2. The van der Waals surface area contributed by atoms with Crippen molar-refractivity contribution in [3.8, 4) is 11.5 Å². The predicted molar refractivity (Wildman–Crippen MR) is 102 cm³/mol. The molecule has 0 aromatic heterocycles. The van der Waals surface area contributed by atoms with Gasteiger partial charge in [-0.3, -0.25) is 14.4 Å². The van der Waals surface area contributed by atoms with Gasteiger partial charge in [-0.15, -0.1) is 0 Å². The van der Waals surface area contributed by atoms with Gasteiger partial charge in [0.15, 0.2) is 12.4 Å². The molecular formula is C20H22N2O5. The molecule has 142 valence electrons. The summed E-state index contributed by atoms with van der Waals surface area (Å²) in [6.07, 6.45) is 0.433. The summed E-state index contributed by atoms with van der Waals surface area (Å²) in [5, 5.41) is 5.33. The van der Waals surface area contributed by atoms with Crippen molar-refractivity contribution >= 4 is 29.0 Å². The Balaban J connectivity index is 1.98. The van der Waals surface area contributed by atoms with Crippen LogP contribution in [-0.4, -0.2) is 31.3 Å². The Hall–Kier alpha value is -3.35. The van der Waals surface area contributed by atoms with Crippen molar-refractivity contribution in [1.29, 1.82) is 0 Å². The summed E-state index contributed by atoms with van der Waals surface area (Å²) < 4.78 is 10.7. The molecule has 0 atom stereocenters. The van der Waals surface area contributed by atoms with E-state index in [1.54, 1.807) is 49.4 Å². The number of amides is 2. The second-order valence-corrected chi connectivity index (χ2v) is 5.73. The first-order valence-electron chi connectivity index (χ1n) is 8.44. The maximum atomic E-state index is 12.2. The second-order valence-electron chi connectivity index (χ2n) is 5.73. The number of ether oxygens (including phenoxy) is 2. The molecule has 27 heavy (non-hydrogen) atoms. The number of carbonyl (C=O) groups excluding carboxylic acids is 3. The summed E-state index contributed by atoms with van der Waals surface area (Å²) in [4.78, 5) is 35.0. The fraction of sp³-hybridized carbons (Fsp3) is 0.250. The molecule has 0 saturated heterocycles. The Morgan fingerprint density at radius 3 is 2.30 bits per heavy atom. The summed E-state index contributed by atoms with van der Waals surface area (Å²) in [7, 11) is 1.48. The third kappa shape index (κ3) is 5.85. The van der Waals surface area contributed by atoms with E-state index in [1.165, 1.54) is 14.0 Å². The van der Waals surface area contributed by atoms with E-state index in [4.69, 9.17) is 9.47 Å². The smallest absolute Gasteiger partial charge is 0.262 e. The average molecular weight is 370 g/mol. The Morgan fingerprint density at radius 2 is 1.70 bits per heavy atom. The maximum Gasteiger partial charge on any atom is 0.262 e. The summed E-state index contributed by atoms with van der Waals surface area (Å²) >= 11 is 0. The van der Waals surface area contributed by atoms with Crippen LogP contribution in [0.15, 0.2) is 42.5 Å². The third-order valence-electron chi connectivity index (χ3n) is 3.66. The maximum absolute atomic E-state index is 12.2. The van der Waals surface area contributed by atoms with Gasteiger partial charge in [-0.25, -0.2) is 0 Å². The molecule has 0 radical (unpaired) electrons. The van der Waals surface area contributed by atoms with E-state index in [0.29, 0.717) is 34.9 Å². The fourth-order valence-corrected chi connectivity index (χ4v) is 2.36. The lowest BCUT2D eigenvalue weighted by Gasteiger charge is -2.13. The minimum absolute atomic E-state index is 0.0467. The number of hydrogen-bond donors (Lipinski definition) is 2. The standard InChI is InChI=1S/C20H22N2O5/c1-4-18(24)14-5-8-16(9-6-14)27-12-20(25)22-17-11-15(21-13(2)23)7-10-19(17)26-3/h5-11H,4,12H2,1-3H3,(H,21,23)(H,22,25). The molecule has 0 aliphatic heterocycles. The molecule has 7 nitrogen and oxygen atoms in total. The minimum Gasteiger partial charge on any atom is -0.495 e. The summed E-state index contributed by atoms with van der Waals surface area (Å²) in [6, 6.07) is 11.5. The molecular weight excluding hydrogens is 348 g/mol. The van der Waals surface area contributed by atoms with E-state index in [2.05, 4.69) is 10.6 Å². The van der Waals surface area contributed by atoms with Crippen LogP contribution < -0.4 is 20.1 Å². The number of anilines is 2. The van der Waals surface area contributed by atoms with E-state index in [-0.39, 0.29) is 24.2 Å². The number of methoxy groups -OCH3 is 1. The van der Waals surface area contributed by atoms with Gasteiger partial charge >= 0.3 is 0 Å². The lowest BCUT2D eigenvalue weighted by molar-refractivity contribution is -0.118. The van der Waals surface area contributed by atoms with Crippen molar-refractivity contribution in [2.45, 2.75) is 20.3 Å². The minimum atomic E-state index is -0.387. The van der Waals surface area contributed by atoms with E-state index >= 15 is 0 Å². The van der Waals surface area contributed by atoms with Crippen LogP contribution in [0.3, 0.4) is 0 Å². The van der Waals surface area contributed by atoms with Crippen molar-refractivity contribution in [3.05, 3.63) is 48.0 Å². The number of rotatable bonds is 8. The topological polar surface area (TPSA) is 93.7 Å². The quantitative estimate of drug-likeness (QED) is 0.696. The van der Waals surface area contributed by atoms with E-state index in [0.717, 1.165) is 0 Å². The molecule has 0 aliphatic carbocycles. The van der Waals surface area contributed by atoms with Gasteiger partial charge in [-0.1, -0.05) is 6.92 Å². The molecule has 0 saturated carbocycles. The van der Waals surface area contributed by atoms with Gasteiger partial charge in [0.05, 0.1) is 12.8 Å². The van der Waals surface area contributed by atoms with Gasteiger partial charge in [0.2, 0.25) is 5.91 Å². The largest absolute Gasteiger partial charge is 0.495 e. The van der Waals surface area contributed by atoms with Gasteiger partial charge in [-0.2, -0.15) is 0 Å². The van der Waals surface area contributed by atoms with Crippen LogP contribution in [0.1, 0.15) is 30.6 Å². The van der Waals surface area contributed by atoms with Gasteiger partial charge in [0, 0.05) is 24.6 Å². The lowest BCUT2D eigenvalue weighted by Crippen LogP contribution is -2.20. The van der Waals surface area contributed by atoms with Gasteiger partial charge in [0.1, 0.15) is 11.5 Å². The molecule has 2 rings (SSSR count). The number of ketones is 1. The molecule has 0 heterocycles. The first-order chi connectivity index (χ1) is 12.9. The monoisotopic (exact) mass is 370 g/mol. The van der Waals surface area contributed by atoms with Crippen molar-refractivity contribution in [2.24, 2.45) is 0 Å². The molecule has 2 aromatic carbocycles. The Labute approximate surface area is 157 Å². The van der Waals surface area contributed by atoms with Crippen LogP contribution in [0.2, 0.25) is 0 Å². The van der Waals surface area contributed by atoms with Crippen LogP contribution in [0.4, 0.5) is 11.4 Å². The fourth-order valence-electron chi connectivity index (χ4n) is 2.36. The van der Waals surface area contributed by atoms with Gasteiger partial charge in [-0.05, 0) is 42.5 Å². The zero-order valence-electron chi connectivity index (χ0n) is 15.5. The highest BCUT2D eigenvalue weighted by molar-refractivity contribution is 5.96.